The molecule has 2 rings (SSSR count). The molecule has 1 saturated carbocycles. The molecule has 120 valence electrons. The van der Waals surface area contributed by atoms with Crippen molar-refractivity contribution < 1.29 is 23.1 Å². The molecule has 1 amide bonds. The van der Waals surface area contributed by atoms with Crippen molar-refractivity contribution >= 4 is 21.7 Å². The molecule has 0 heterocycles. The minimum atomic E-state index is -3.44. The van der Waals surface area contributed by atoms with E-state index in [1.807, 2.05) is 0 Å². The number of amides is 1. The van der Waals surface area contributed by atoms with Crippen molar-refractivity contribution in [3.05, 3.63) is 30.3 Å². The van der Waals surface area contributed by atoms with E-state index >= 15 is 0 Å². The van der Waals surface area contributed by atoms with Crippen molar-refractivity contribution in [1.29, 1.82) is 0 Å². The molecule has 7 heteroatoms. The predicted octanol–water partition coefficient (Wildman–Crippen LogP) is 1.22. The van der Waals surface area contributed by atoms with Crippen molar-refractivity contribution in [1.82, 2.24) is 5.32 Å². The van der Waals surface area contributed by atoms with E-state index in [2.05, 4.69) is 5.32 Å². The van der Waals surface area contributed by atoms with Gasteiger partial charge in [0.05, 0.1) is 16.1 Å². The first-order valence-corrected chi connectivity index (χ1v) is 8.79. The fraction of sp³-hybridized carbons (Fsp3) is 0.467. The highest BCUT2D eigenvalue weighted by molar-refractivity contribution is 7.91. The average molecular weight is 325 g/mol. The van der Waals surface area contributed by atoms with E-state index in [-0.39, 0.29) is 23.6 Å². The maximum Gasteiger partial charge on any atom is 0.310 e. The first-order chi connectivity index (χ1) is 10.4. The van der Waals surface area contributed by atoms with Crippen LogP contribution in [0.4, 0.5) is 0 Å². The third-order valence-electron chi connectivity index (χ3n) is 4.06. The van der Waals surface area contributed by atoms with Gasteiger partial charge in [0.2, 0.25) is 5.91 Å². The smallest absolute Gasteiger partial charge is 0.310 e. The minimum Gasteiger partial charge on any atom is -0.481 e. The van der Waals surface area contributed by atoms with Gasteiger partial charge >= 0.3 is 5.97 Å². The Morgan fingerprint density at radius 3 is 2.32 bits per heavy atom. The Kier molecular flexibility index (Phi) is 4.85. The SMILES string of the molecule is O=C(CC1(C(=O)O)CCC1)NCCS(=O)(=O)c1ccccc1. The average Bonchev–Trinajstić information content (AvgIpc) is 2.43. The van der Waals surface area contributed by atoms with Crippen LogP contribution >= 0.6 is 0 Å². The lowest BCUT2D eigenvalue weighted by Gasteiger charge is -2.36. The molecule has 0 unspecified atom stereocenters. The summed E-state index contributed by atoms with van der Waals surface area (Å²) in [5.74, 6) is -1.57. The number of carbonyl (C=O) groups excluding carboxylic acids is 1. The molecule has 22 heavy (non-hydrogen) atoms. The number of carboxylic acids is 1. The van der Waals surface area contributed by atoms with Crippen LogP contribution in [-0.2, 0) is 19.4 Å². The number of benzene rings is 1. The van der Waals surface area contributed by atoms with Gasteiger partial charge in [-0.1, -0.05) is 24.6 Å². The number of rotatable bonds is 7. The van der Waals surface area contributed by atoms with Gasteiger partial charge in [0, 0.05) is 13.0 Å². The predicted molar refractivity (Wildman–Crippen MR) is 80.0 cm³/mol. The molecular formula is C15H19NO5S. The number of sulfone groups is 1. The summed E-state index contributed by atoms with van der Waals surface area (Å²) in [4.78, 5) is 23.2. The molecule has 1 aromatic carbocycles. The Hall–Kier alpha value is -1.89. The Labute approximate surface area is 129 Å². The second-order valence-corrected chi connectivity index (χ2v) is 7.71. The van der Waals surface area contributed by atoms with Gasteiger partial charge in [-0.05, 0) is 25.0 Å². The summed E-state index contributed by atoms with van der Waals surface area (Å²) >= 11 is 0. The van der Waals surface area contributed by atoms with Crippen LogP contribution in [0.2, 0.25) is 0 Å². The van der Waals surface area contributed by atoms with Crippen molar-refractivity contribution in [3.63, 3.8) is 0 Å². The van der Waals surface area contributed by atoms with E-state index in [4.69, 9.17) is 5.11 Å². The number of carboxylic acid groups (broad SMARTS) is 1. The van der Waals surface area contributed by atoms with Crippen LogP contribution in [0.25, 0.3) is 0 Å². The van der Waals surface area contributed by atoms with Crippen LogP contribution in [0.5, 0.6) is 0 Å². The highest BCUT2D eigenvalue weighted by Crippen LogP contribution is 2.44. The molecule has 1 fully saturated rings. The van der Waals surface area contributed by atoms with E-state index in [9.17, 15) is 18.0 Å². The van der Waals surface area contributed by atoms with Gasteiger partial charge < -0.3 is 10.4 Å². The molecule has 0 radical (unpaired) electrons. The summed E-state index contributed by atoms with van der Waals surface area (Å²) in [6.45, 7) is -0.0221. The van der Waals surface area contributed by atoms with E-state index in [0.29, 0.717) is 12.8 Å². The van der Waals surface area contributed by atoms with Gasteiger partial charge in [-0.25, -0.2) is 8.42 Å². The van der Waals surface area contributed by atoms with Gasteiger partial charge in [0.1, 0.15) is 0 Å². The fourth-order valence-corrected chi connectivity index (χ4v) is 3.69. The number of carbonyl (C=O) groups is 2. The Balaban J connectivity index is 1.84. The highest BCUT2D eigenvalue weighted by Gasteiger charge is 2.45. The zero-order valence-electron chi connectivity index (χ0n) is 12.1. The minimum absolute atomic E-state index is 0.0221. The van der Waals surface area contributed by atoms with Gasteiger partial charge in [-0.2, -0.15) is 0 Å². The van der Waals surface area contributed by atoms with Crippen molar-refractivity contribution in [2.24, 2.45) is 5.41 Å². The second kappa shape index (κ2) is 6.48. The molecule has 1 aromatic rings. The van der Waals surface area contributed by atoms with E-state index in [0.717, 1.165) is 6.42 Å². The first-order valence-electron chi connectivity index (χ1n) is 7.14. The molecule has 1 aliphatic rings. The molecule has 6 nitrogen and oxygen atoms in total. The summed E-state index contributed by atoms with van der Waals surface area (Å²) in [6, 6.07) is 8.01. The summed E-state index contributed by atoms with van der Waals surface area (Å²) in [5, 5.41) is 11.7. The lowest BCUT2D eigenvalue weighted by molar-refractivity contribution is -0.157. The third kappa shape index (κ3) is 3.65. The van der Waals surface area contributed by atoms with Crippen LogP contribution in [0.15, 0.2) is 35.2 Å². The Bertz CT molecular complexity index is 650. The summed E-state index contributed by atoms with van der Waals surface area (Å²) in [6.07, 6.45) is 1.71. The molecule has 1 aliphatic carbocycles. The lowest BCUT2D eigenvalue weighted by Crippen LogP contribution is -2.43. The number of hydrogen-bond acceptors (Lipinski definition) is 4. The van der Waals surface area contributed by atoms with Gasteiger partial charge in [0.15, 0.2) is 9.84 Å². The van der Waals surface area contributed by atoms with Gasteiger partial charge in [0.25, 0.3) is 0 Å². The normalized spacial score (nSPS) is 16.5. The third-order valence-corrected chi connectivity index (χ3v) is 5.79. The number of nitrogens with one attached hydrogen (secondary N) is 1. The molecule has 0 aliphatic heterocycles. The largest absolute Gasteiger partial charge is 0.481 e. The molecule has 0 saturated heterocycles. The van der Waals surface area contributed by atoms with Crippen LogP contribution in [0.1, 0.15) is 25.7 Å². The first kappa shape index (κ1) is 16.5. The lowest BCUT2D eigenvalue weighted by atomic mass is 9.66. The number of aliphatic carboxylic acids is 1. The van der Waals surface area contributed by atoms with Crippen molar-refractivity contribution in [3.8, 4) is 0 Å². The highest BCUT2D eigenvalue weighted by atomic mass is 32.2. The summed E-state index contributed by atoms with van der Waals surface area (Å²) in [7, 11) is -3.44. The summed E-state index contributed by atoms with van der Waals surface area (Å²) in [5.41, 5.74) is -0.956. The standard InChI is InChI=1S/C15H19NO5S/c17-13(11-15(14(18)19)7-4-8-15)16-9-10-22(20,21)12-5-2-1-3-6-12/h1-3,5-6H,4,7-11H2,(H,16,17)(H,18,19). The van der Waals surface area contributed by atoms with Crippen molar-refractivity contribution in [2.45, 2.75) is 30.6 Å². The molecule has 0 bridgehead atoms. The fourth-order valence-electron chi connectivity index (χ4n) is 2.51. The van der Waals surface area contributed by atoms with Crippen molar-refractivity contribution in [2.75, 3.05) is 12.3 Å². The molecular weight excluding hydrogens is 306 g/mol. The molecule has 0 atom stereocenters. The van der Waals surface area contributed by atoms with Crippen LogP contribution < -0.4 is 5.32 Å². The van der Waals surface area contributed by atoms with Gasteiger partial charge in [-0.3, -0.25) is 9.59 Å². The topological polar surface area (TPSA) is 101 Å². The van der Waals surface area contributed by atoms with E-state index in [1.165, 1.54) is 12.1 Å². The Morgan fingerprint density at radius 2 is 1.82 bits per heavy atom. The maximum atomic E-state index is 12.0. The number of hydrogen-bond donors (Lipinski definition) is 2. The summed E-state index contributed by atoms with van der Waals surface area (Å²) < 4.78 is 24.1. The van der Waals surface area contributed by atoms with E-state index in [1.54, 1.807) is 18.2 Å². The monoisotopic (exact) mass is 325 g/mol. The quantitative estimate of drug-likeness (QED) is 0.785. The van der Waals surface area contributed by atoms with Gasteiger partial charge in [-0.15, -0.1) is 0 Å². The second-order valence-electron chi connectivity index (χ2n) is 5.60. The zero-order valence-corrected chi connectivity index (χ0v) is 12.9. The van der Waals surface area contributed by atoms with Crippen LogP contribution in [0, 0.1) is 5.41 Å². The molecule has 0 aromatic heterocycles. The molecule has 0 spiro atoms. The maximum absolute atomic E-state index is 12.0. The zero-order chi connectivity index (χ0) is 16.2. The van der Waals surface area contributed by atoms with Crippen LogP contribution in [-0.4, -0.2) is 37.7 Å². The Morgan fingerprint density at radius 1 is 1.18 bits per heavy atom. The van der Waals surface area contributed by atoms with E-state index < -0.39 is 27.1 Å². The molecule has 2 N–H and O–H groups in total. The van der Waals surface area contributed by atoms with Crippen LogP contribution in [0.3, 0.4) is 0 Å².